The Hall–Kier alpha value is -3.68. The summed E-state index contributed by atoms with van der Waals surface area (Å²) in [6, 6.07) is 8.51. The van der Waals surface area contributed by atoms with Gasteiger partial charge in [0.2, 0.25) is 5.88 Å². The van der Waals surface area contributed by atoms with Crippen LogP contribution in [0.5, 0.6) is 23.1 Å². The number of esters is 1. The number of hydrogen-bond acceptors (Lipinski definition) is 7. The molecular weight excluding hydrogens is 415 g/mol. The lowest BCUT2D eigenvalue weighted by Crippen LogP contribution is -2.09. The Morgan fingerprint density at radius 3 is 2.97 bits per heavy atom. The largest absolute Gasteiger partial charge is 0.492 e. The summed E-state index contributed by atoms with van der Waals surface area (Å²) in [7, 11) is 1.37. The molecule has 1 aromatic heterocycles. The van der Waals surface area contributed by atoms with Gasteiger partial charge in [-0.05, 0) is 31.0 Å². The minimum absolute atomic E-state index is 0.0445. The molecule has 0 bridgehead atoms. The molecule has 2 aromatic carbocycles. The Balaban J connectivity index is 1.35. The second kappa shape index (κ2) is 8.45. The average molecular weight is 436 g/mol. The first-order valence-electron chi connectivity index (χ1n) is 10.4. The van der Waals surface area contributed by atoms with Crippen molar-refractivity contribution in [3.63, 3.8) is 0 Å². The van der Waals surface area contributed by atoms with Gasteiger partial charge in [0.05, 0.1) is 26.3 Å². The zero-order chi connectivity index (χ0) is 22.1. The predicted octanol–water partition coefficient (Wildman–Crippen LogP) is 4.51. The van der Waals surface area contributed by atoms with Crippen molar-refractivity contribution >= 4 is 5.97 Å². The summed E-state index contributed by atoms with van der Waals surface area (Å²) in [6.45, 7) is 0.415. The van der Waals surface area contributed by atoms with Crippen molar-refractivity contribution in [2.75, 3.05) is 13.7 Å². The van der Waals surface area contributed by atoms with Crippen LogP contribution in [0.15, 0.2) is 48.9 Å². The molecule has 0 N–H and O–H groups in total. The summed E-state index contributed by atoms with van der Waals surface area (Å²) < 4.78 is 37.3. The molecule has 1 aliphatic heterocycles. The van der Waals surface area contributed by atoms with Crippen LogP contribution in [-0.2, 0) is 16.0 Å². The van der Waals surface area contributed by atoms with Gasteiger partial charge in [-0.15, -0.1) is 0 Å². The van der Waals surface area contributed by atoms with Gasteiger partial charge in [0.25, 0.3) is 0 Å². The highest BCUT2D eigenvalue weighted by Gasteiger charge is 2.32. The van der Waals surface area contributed by atoms with Gasteiger partial charge in [0.1, 0.15) is 29.2 Å². The molecule has 0 amide bonds. The van der Waals surface area contributed by atoms with Crippen LogP contribution in [0, 0.1) is 5.82 Å². The van der Waals surface area contributed by atoms with Gasteiger partial charge in [-0.3, -0.25) is 9.78 Å². The van der Waals surface area contributed by atoms with E-state index in [-0.39, 0.29) is 24.1 Å². The molecule has 0 fully saturated rings. The molecule has 7 nitrogen and oxygen atoms in total. The van der Waals surface area contributed by atoms with Crippen LogP contribution in [0.4, 0.5) is 4.39 Å². The lowest BCUT2D eigenvalue weighted by molar-refractivity contribution is -0.141. The zero-order valence-electron chi connectivity index (χ0n) is 17.4. The fourth-order valence-corrected chi connectivity index (χ4v) is 4.25. The van der Waals surface area contributed by atoms with Gasteiger partial charge in [-0.1, -0.05) is 6.07 Å². The van der Waals surface area contributed by atoms with Gasteiger partial charge in [0.15, 0.2) is 0 Å². The van der Waals surface area contributed by atoms with E-state index in [9.17, 15) is 9.18 Å². The van der Waals surface area contributed by atoms with Crippen LogP contribution in [-0.4, -0.2) is 29.7 Å². The summed E-state index contributed by atoms with van der Waals surface area (Å²) in [6.07, 6.45) is 5.67. The molecule has 3 aromatic rings. The maximum Gasteiger partial charge on any atom is 0.306 e. The third-order valence-electron chi connectivity index (χ3n) is 5.78. The number of ether oxygens (including phenoxy) is 4. The standard InChI is InChI=1S/C24H21FN2O5/c1-29-23(28)10-14-13-30-21-11-15(2-3-16(14)21)31-20-6-4-17-19(7-5-18(25)24(17)20)32-22-12-26-8-9-27-22/h2-3,5,7-9,11-12,14,20H,4,6,10,13H2,1H3. The van der Waals surface area contributed by atoms with E-state index in [4.69, 9.17) is 18.9 Å². The van der Waals surface area contributed by atoms with Gasteiger partial charge in [-0.2, -0.15) is 0 Å². The fraction of sp³-hybridized carbons (Fsp3) is 0.292. The van der Waals surface area contributed by atoms with Crippen molar-refractivity contribution in [1.29, 1.82) is 0 Å². The Bertz CT molecular complexity index is 1150. The number of hydrogen-bond donors (Lipinski definition) is 0. The summed E-state index contributed by atoms with van der Waals surface area (Å²) in [5, 5.41) is 0. The highest BCUT2D eigenvalue weighted by molar-refractivity contribution is 5.71. The van der Waals surface area contributed by atoms with Crippen molar-refractivity contribution in [2.45, 2.75) is 31.3 Å². The lowest BCUT2D eigenvalue weighted by atomic mass is 9.98. The summed E-state index contributed by atoms with van der Waals surface area (Å²) >= 11 is 0. The lowest BCUT2D eigenvalue weighted by Gasteiger charge is -2.17. The molecule has 2 unspecified atom stereocenters. The first-order chi connectivity index (χ1) is 15.6. The smallest absolute Gasteiger partial charge is 0.306 e. The Kier molecular flexibility index (Phi) is 5.34. The number of fused-ring (bicyclic) bond motifs is 2. The first kappa shape index (κ1) is 20.2. The Morgan fingerprint density at radius 1 is 1.25 bits per heavy atom. The van der Waals surface area contributed by atoms with E-state index in [1.54, 1.807) is 18.3 Å². The third-order valence-corrected chi connectivity index (χ3v) is 5.78. The maximum atomic E-state index is 14.8. The molecule has 164 valence electrons. The van der Waals surface area contributed by atoms with E-state index in [0.29, 0.717) is 48.1 Å². The summed E-state index contributed by atoms with van der Waals surface area (Å²) in [5.41, 5.74) is 2.22. The number of methoxy groups -OCH3 is 1. The maximum absolute atomic E-state index is 14.8. The highest BCUT2D eigenvalue weighted by Crippen LogP contribution is 2.44. The third kappa shape index (κ3) is 3.84. The number of rotatable bonds is 6. The topological polar surface area (TPSA) is 79.8 Å². The molecule has 32 heavy (non-hydrogen) atoms. The molecule has 1 aliphatic carbocycles. The number of carbonyl (C=O) groups is 1. The second-order valence-corrected chi connectivity index (χ2v) is 7.72. The molecule has 8 heteroatoms. The quantitative estimate of drug-likeness (QED) is 0.526. The second-order valence-electron chi connectivity index (χ2n) is 7.72. The van der Waals surface area contributed by atoms with E-state index in [0.717, 1.165) is 11.1 Å². The number of halogens is 1. The Morgan fingerprint density at radius 2 is 2.16 bits per heavy atom. The molecule has 5 rings (SSSR count). The van der Waals surface area contributed by atoms with Gasteiger partial charge < -0.3 is 18.9 Å². The molecule has 0 spiro atoms. The normalized spacial score (nSPS) is 18.4. The molecule has 2 aliphatic rings. The van der Waals surface area contributed by atoms with Crippen LogP contribution in [0.25, 0.3) is 0 Å². The minimum atomic E-state index is -0.444. The number of benzene rings is 2. The number of nitrogens with zero attached hydrogens (tertiary/aromatic N) is 2. The zero-order valence-corrected chi connectivity index (χ0v) is 17.4. The van der Waals surface area contributed by atoms with Crippen molar-refractivity contribution in [1.82, 2.24) is 9.97 Å². The van der Waals surface area contributed by atoms with E-state index < -0.39 is 6.10 Å². The minimum Gasteiger partial charge on any atom is -0.492 e. The van der Waals surface area contributed by atoms with Gasteiger partial charge in [0, 0.05) is 41.1 Å². The molecule has 2 atom stereocenters. The van der Waals surface area contributed by atoms with Crippen LogP contribution < -0.4 is 14.2 Å². The van der Waals surface area contributed by atoms with Gasteiger partial charge in [-0.25, -0.2) is 9.37 Å². The summed E-state index contributed by atoms with van der Waals surface area (Å²) in [5.74, 6) is 1.51. The molecule has 0 saturated carbocycles. The van der Waals surface area contributed by atoms with Crippen LogP contribution in [0.2, 0.25) is 0 Å². The highest BCUT2D eigenvalue weighted by atomic mass is 19.1. The van der Waals surface area contributed by atoms with E-state index in [1.807, 2.05) is 12.1 Å². The number of carbonyl (C=O) groups excluding carboxylic acids is 1. The molecule has 0 saturated heterocycles. The average Bonchev–Trinajstić information content (AvgIpc) is 3.41. The predicted molar refractivity (Wildman–Crippen MR) is 112 cm³/mol. The first-order valence-corrected chi connectivity index (χ1v) is 10.4. The fourth-order valence-electron chi connectivity index (χ4n) is 4.25. The SMILES string of the molecule is COC(=O)CC1COc2cc(OC3CCc4c(Oc5cnccn5)ccc(F)c43)ccc21. The van der Waals surface area contributed by atoms with Crippen LogP contribution >= 0.6 is 0 Å². The van der Waals surface area contributed by atoms with E-state index in [1.165, 1.54) is 25.6 Å². The van der Waals surface area contributed by atoms with Crippen molar-refractivity contribution in [2.24, 2.45) is 0 Å². The van der Waals surface area contributed by atoms with E-state index >= 15 is 0 Å². The molecule has 0 radical (unpaired) electrons. The van der Waals surface area contributed by atoms with Crippen molar-refractivity contribution in [3.05, 3.63) is 71.4 Å². The van der Waals surface area contributed by atoms with Crippen molar-refractivity contribution < 1.29 is 28.1 Å². The van der Waals surface area contributed by atoms with Gasteiger partial charge >= 0.3 is 5.97 Å². The number of aromatic nitrogens is 2. The van der Waals surface area contributed by atoms with E-state index in [2.05, 4.69) is 9.97 Å². The summed E-state index contributed by atoms with van der Waals surface area (Å²) in [4.78, 5) is 19.7. The van der Waals surface area contributed by atoms with Crippen molar-refractivity contribution in [3.8, 4) is 23.1 Å². The van der Waals surface area contributed by atoms with Crippen LogP contribution in [0.1, 0.15) is 41.6 Å². The van der Waals surface area contributed by atoms with Crippen LogP contribution in [0.3, 0.4) is 0 Å². The monoisotopic (exact) mass is 436 g/mol. The Labute approximate surface area is 184 Å². The molecule has 2 heterocycles. The molecular formula is C24H21FN2O5.